The molecule has 3 aromatic rings. The normalized spacial score (nSPS) is 11.1. The number of sulfonamides is 1. The lowest BCUT2D eigenvalue weighted by molar-refractivity contribution is -0.115. The van der Waals surface area contributed by atoms with E-state index < -0.39 is 28.3 Å². The summed E-state index contributed by atoms with van der Waals surface area (Å²) in [7, 11) is -3.90. The molecule has 0 spiro atoms. The van der Waals surface area contributed by atoms with Crippen LogP contribution in [0.15, 0.2) is 83.8 Å². The van der Waals surface area contributed by atoms with Crippen molar-refractivity contribution < 1.29 is 17.6 Å². The van der Waals surface area contributed by atoms with Gasteiger partial charge < -0.3 is 5.32 Å². The highest BCUT2D eigenvalue weighted by atomic mass is 32.2. The van der Waals surface area contributed by atoms with Crippen LogP contribution in [-0.4, -0.2) is 20.9 Å². The molecule has 5 nitrogen and oxygen atoms in total. The van der Waals surface area contributed by atoms with Gasteiger partial charge in [0.2, 0.25) is 15.9 Å². The van der Waals surface area contributed by atoms with Crippen LogP contribution in [0, 0.1) is 5.82 Å². The third kappa shape index (κ3) is 4.78. The average molecular weight is 384 g/mol. The van der Waals surface area contributed by atoms with Crippen LogP contribution >= 0.6 is 0 Å². The van der Waals surface area contributed by atoms with Crippen LogP contribution < -0.4 is 10.0 Å². The SMILES string of the molecule is O=C(CNS(=O)(=O)c1ccccc1-c1ccccc1)Nc1ccc(F)cc1. The largest absolute Gasteiger partial charge is 0.325 e. The molecule has 0 radical (unpaired) electrons. The van der Waals surface area contributed by atoms with Crippen LogP contribution in [0.1, 0.15) is 0 Å². The molecule has 0 bridgehead atoms. The van der Waals surface area contributed by atoms with Gasteiger partial charge in [-0.1, -0.05) is 48.5 Å². The van der Waals surface area contributed by atoms with Gasteiger partial charge in [-0.2, -0.15) is 0 Å². The highest BCUT2D eigenvalue weighted by Gasteiger charge is 2.20. The molecule has 138 valence electrons. The van der Waals surface area contributed by atoms with Crippen LogP contribution in [0.25, 0.3) is 11.1 Å². The maximum atomic E-state index is 12.9. The molecule has 27 heavy (non-hydrogen) atoms. The van der Waals surface area contributed by atoms with Gasteiger partial charge in [0.15, 0.2) is 0 Å². The van der Waals surface area contributed by atoms with Gasteiger partial charge >= 0.3 is 0 Å². The van der Waals surface area contributed by atoms with Crippen LogP contribution in [0.5, 0.6) is 0 Å². The molecule has 3 aromatic carbocycles. The molecule has 0 aromatic heterocycles. The van der Waals surface area contributed by atoms with Crippen molar-refractivity contribution >= 4 is 21.6 Å². The van der Waals surface area contributed by atoms with Gasteiger partial charge in [0.05, 0.1) is 11.4 Å². The zero-order valence-electron chi connectivity index (χ0n) is 14.2. The number of hydrogen-bond donors (Lipinski definition) is 2. The summed E-state index contributed by atoms with van der Waals surface area (Å²) in [5.74, 6) is -0.978. The fourth-order valence-electron chi connectivity index (χ4n) is 2.53. The monoisotopic (exact) mass is 384 g/mol. The van der Waals surface area contributed by atoms with Crippen molar-refractivity contribution in [2.24, 2.45) is 0 Å². The van der Waals surface area contributed by atoms with Gasteiger partial charge in [-0.05, 0) is 35.9 Å². The second-order valence-electron chi connectivity index (χ2n) is 5.74. The summed E-state index contributed by atoms with van der Waals surface area (Å²) in [6, 6.07) is 20.9. The van der Waals surface area contributed by atoms with Crippen LogP contribution in [-0.2, 0) is 14.8 Å². The quantitative estimate of drug-likeness (QED) is 0.684. The van der Waals surface area contributed by atoms with Gasteiger partial charge in [-0.25, -0.2) is 17.5 Å². The molecule has 1 amide bonds. The van der Waals surface area contributed by atoms with E-state index in [2.05, 4.69) is 10.0 Å². The van der Waals surface area contributed by atoms with Crippen LogP contribution in [0.3, 0.4) is 0 Å². The first-order valence-electron chi connectivity index (χ1n) is 8.15. The molecule has 0 aliphatic rings. The van der Waals surface area contributed by atoms with Crippen molar-refractivity contribution in [1.29, 1.82) is 0 Å². The number of halogens is 1. The minimum atomic E-state index is -3.90. The molecular weight excluding hydrogens is 367 g/mol. The summed E-state index contributed by atoms with van der Waals surface area (Å²) in [5, 5.41) is 2.51. The van der Waals surface area contributed by atoms with Crippen LogP contribution in [0.4, 0.5) is 10.1 Å². The number of amides is 1. The molecule has 0 aliphatic carbocycles. The summed E-state index contributed by atoms with van der Waals surface area (Å²) in [5.41, 5.74) is 1.68. The first kappa shape index (κ1) is 18.8. The summed E-state index contributed by atoms with van der Waals surface area (Å²) in [6.45, 7) is -0.442. The molecule has 2 N–H and O–H groups in total. The third-order valence-electron chi connectivity index (χ3n) is 3.81. The zero-order valence-corrected chi connectivity index (χ0v) is 15.0. The first-order valence-corrected chi connectivity index (χ1v) is 9.63. The lowest BCUT2D eigenvalue weighted by Crippen LogP contribution is -2.33. The number of carbonyl (C=O) groups excluding carboxylic acids is 1. The van der Waals surface area contributed by atoms with E-state index in [1.54, 1.807) is 18.2 Å². The summed E-state index contributed by atoms with van der Waals surface area (Å²) < 4.78 is 40.6. The number of benzene rings is 3. The predicted octanol–water partition coefficient (Wildman–Crippen LogP) is 3.41. The van der Waals surface area contributed by atoms with Gasteiger partial charge in [0, 0.05) is 11.3 Å². The molecule has 0 heterocycles. The van der Waals surface area contributed by atoms with Crippen molar-refractivity contribution in [3.05, 3.63) is 84.7 Å². The molecule has 0 aliphatic heterocycles. The fourth-order valence-corrected chi connectivity index (χ4v) is 3.74. The minimum absolute atomic E-state index is 0.0887. The number of carbonyl (C=O) groups is 1. The second kappa shape index (κ2) is 8.11. The highest BCUT2D eigenvalue weighted by Crippen LogP contribution is 2.26. The maximum absolute atomic E-state index is 12.9. The van der Waals surface area contributed by atoms with Crippen molar-refractivity contribution in [2.75, 3.05) is 11.9 Å². The van der Waals surface area contributed by atoms with Gasteiger partial charge in [-0.15, -0.1) is 0 Å². The van der Waals surface area contributed by atoms with E-state index in [1.165, 1.54) is 30.3 Å². The van der Waals surface area contributed by atoms with Crippen molar-refractivity contribution in [1.82, 2.24) is 4.72 Å². The Morgan fingerprint density at radius 2 is 1.48 bits per heavy atom. The first-order chi connectivity index (χ1) is 13.0. The summed E-state index contributed by atoms with van der Waals surface area (Å²) >= 11 is 0. The lowest BCUT2D eigenvalue weighted by Gasteiger charge is -2.12. The standard InChI is InChI=1S/C20H17FN2O3S/c21-16-10-12-17(13-11-16)23-20(24)14-22-27(25,26)19-9-5-4-8-18(19)15-6-2-1-3-7-15/h1-13,22H,14H2,(H,23,24). The van der Waals surface area contributed by atoms with E-state index >= 15 is 0 Å². The molecule has 0 atom stereocenters. The minimum Gasteiger partial charge on any atom is -0.325 e. The van der Waals surface area contributed by atoms with E-state index in [0.29, 0.717) is 11.3 Å². The molecule has 7 heteroatoms. The Balaban J connectivity index is 1.74. The number of nitrogens with one attached hydrogen (secondary N) is 2. The molecule has 0 saturated carbocycles. The van der Waals surface area contributed by atoms with Gasteiger partial charge in [-0.3, -0.25) is 4.79 Å². The van der Waals surface area contributed by atoms with Crippen molar-refractivity contribution in [3.8, 4) is 11.1 Å². The van der Waals surface area contributed by atoms with E-state index in [1.807, 2.05) is 30.3 Å². The summed E-state index contributed by atoms with van der Waals surface area (Å²) in [4.78, 5) is 12.1. The Bertz CT molecular complexity index is 1040. The Labute approximate surface area is 156 Å². The topological polar surface area (TPSA) is 75.3 Å². The smallest absolute Gasteiger partial charge is 0.241 e. The summed E-state index contributed by atoms with van der Waals surface area (Å²) in [6.07, 6.45) is 0. The highest BCUT2D eigenvalue weighted by molar-refractivity contribution is 7.89. The third-order valence-corrected chi connectivity index (χ3v) is 5.27. The number of rotatable bonds is 6. The molecular formula is C20H17FN2O3S. The van der Waals surface area contributed by atoms with E-state index in [4.69, 9.17) is 0 Å². The average Bonchev–Trinajstić information content (AvgIpc) is 2.69. The van der Waals surface area contributed by atoms with E-state index in [-0.39, 0.29) is 4.90 Å². The fraction of sp³-hybridized carbons (Fsp3) is 0.0500. The maximum Gasteiger partial charge on any atom is 0.241 e. The Kier molecular flexibility index (Phi) is 5.63. The predicted molar refractivity (Wildman–Crippen MR) is 102 cm³/mol. The lowest BCUT2D eigenvalue weighted by atomic mass is 10.1. The molecule has 0 unspecified atom stereocenters. The number of hydrogen-bond acceptors (Lipinski definition) is 3. The zero-order chi connectivity index (χ0) is 19.3. The van der Waals surface area contributed by atoms with Gasteiger partial charge in [0.1, 0.15) is 5.82 Å². The van der Waals surface area contributed by atoms with Gasteiger partial charge in [0.25, 0.3) is 0 Å². The van der Waals surface area contributed by atoms with E-state index in [9.17, 15) is 17.6 Å². The molecule has 0 saturated heterocycles. The molecule has 3 rings (SSSR count). The number of anilines is 1. The Hall–Kier alpha value is -3.03. The van der Waals surface area contributed by atoms with E-state index in [0.717, 1.165) is 5.56 Å². The molecule has 0 fully saturated rings. The van der Waals surface area contributed by atoms with Crippen molar-refractivity contribution in [3.63, 3.8) is 0 Å². The van der Waals surface area contributed by atoms with Crippen molar-refractivity contribution in [2.45, 2.75) is 4.90 Å². The Morgan fingerprint density at radius 3 is 2.19 bits per heavy atom. The Morgan fingerprint density at radius 1 is 0.852 bits per heavy atom. The second-order valence-corrected chi connectivity index (χ2v) is 7.48. The van der Waals surface area contributed by atoms with Crippen LogP contribution in [0.2, 0.25) is 0 Å².